The van der Waals surface area contributed by atoms with Crippen molar-refractivity contribution in [2.75, 3.05) is 0 Å². The molecule has 2 aromatic heterocycles. The number of hydrogen-bond donors (Lipinski definition) is 1. The van der Waals surface area contributed by atoms with Crippen molar-refractivity contribution in [2.45, 2.75) is 59.2 Å². The van der Waals surface area contributed by atoms with Gasteiger partial charge in [0.2, 0.25) is 0 Å². The lowest BCUT2D eigenvalue weighted by Crippen LogP contribution is -2.57. The van der Waals surface area contributed by atoms with Crippen LogP contribution in [0, 0.1) is 30.1 Å². The normalized spacial score (nSPS) is 36.1. The van der Waals surface area contributed by atoms with E-state index >= 15 is 0 Å². The summed E-state index contributed by atoms with van der Waals surface area (Å²) in [5.41, 5.74) is 1.31. The molecule has 6 nitrogen and oxygen atoms in total. The van der Waals surface area contributed by atoms with Crippen molar-refractivity contribution in [3.05, 3.63) is 48.3 Å². The number of nitrogens with zero attached hydrogens (tertiary/aromatic N) is 3. The van der Waals surface area contributed by atoms with Crippen molar-refractivity contribution < 1.29 is 14.6 Å². The maximum atomic E-state index is 12.5. The van der Waals surface area contributed by atoms with Gasteiger partial charge in [-0.3, -0.25) is 4.98 Å². The average molecular weight is 410 g/mol. The Balaban J connectivity index is 1.65. The number of aliphatic hydroxyl groups is 1. The van der Waals surface area contributed by atoms with E-state index in [0.717, 1.165) is 23.5 Å². The highest BCUT2D eigenvalue weighted by molar-refractivity contribution is 5.82. The number of allylic oxidation sites excluding steroid dienone is 1. The lowest BCUT2D eigenvalue weighted by molar-refractivity contribution is -0.164. The van der Waals surface area contributed by atoms with E-state index in [1.54, 1.807) is 6.33 Å². The summed E-state index contributed by atoms with van der Waals surface area (Å²) in [5, 5.41) is 11.2. The van der Waals surface area contributed by atoms with Crippen molar-refractivity contribution >= 4 is 12.0 Å². The standard InChI is InChI=1S/C24H31N3O3/c1-6-23(5)15(2)11-24(29)21(17(4)30-22(24)28)20(23)10-8-18-7-9-19(12-25-18)27-13-16(3)26-14-27/h7-10,12-15,17,20-21,29H,6,11H2,1-5H3/b10-8+/t15-,17+,20+,21-,23+,24-/m0/s1. The first-order chi connectivity index (χ1) is 14.2. The Morgan fingerprint density at radius 3 is 2.70 bits per heavy atom. The first-order valence-electron chi connectivity index (χ1n) is 10.8. The summed E-state index contributed by atoms with van der Waals surface area (Å²) in [6, 6.07) is 3.99. The second-order valence-corrected chi connectivity index (χ2v) is 9.27. The van der Waals surface area contributed by atoms with E-state index < -0.39 is 11.6 Å². The minimum atomic E-state index is -1.40. The number of rotatable bonds is 4. The van der Waals surface area contributed by atoms with Crippen molar-refractivity contribution in [3.8, 4) is 5.69 Å². The predicted molar refractivity (Wildman–Crippen MR) is 115 cm³/mol. The molecular weight excluding hydrogens is 378 g/mol. The first-order valence-corrected chi connectivity index (χ1v) is 10.8. The summed E-state index contributed by atoms with van der Waals surface area (Å²) < 4.78 is 7.44. The van der Waals surface area contributed by atoms with Crippen molar-refractivity contribution in [1.82, 2.24) is 14.5 Å². The summed E-state index contributed by atoms with van der Waals surface area (Å²) in [7, 11) is 0. The van der Waals surface area contributed by atoms with Gasteiger partial charge < -0.3 is 14.4 Å². The number of hydrogen-bond acceptors (Lipinski definition) is 5. The molecule has 30 heavy (non-hydrogen) atoms. The summed E-state index contributed by atoms with van der Waals surface area (Å²) >= 11 is 0. The van der Waals surface area contributed by atoms with Crippen LogP contribution in [-0.2, 0) is 9.53 Å². The van der Waals surface area contributed by atoms with E-state index in [9.17, 15) is 9.90 Å². The fourth-order valence-electron chi connectivity index (χ4n) is 5.45. The molecule has 1 saturated heterocycles. The van der Waals surface area contributed by atoms with E-state index in [1.165, 1.54) is 0 Å². The molecule has 6 heteroatoms. The lowest BCUT2D eigenvalue weighted by Gasteiger charge is -2.52. The molecule has 0 bridgehead atoms. The van der Waals surface area contributed by atoms with Crippen LogP contribution in [-0.4, -0.2) is 37.3 Å². The van der Waals surface area contributed by atoms with Gasteiger partial charge in [-0.2, -0.15) is 0 Å². The van der Waals surface area contributed by atoms with Crippen LogP contribution < -0.4 is 0 Å². The van der Waals surface area contributed by atoms with Crippen LogP contribution in [0.25, 0.3) is 11.8 Å². The Bertz CT molecular complexity index is 966. The van der Waals surface area contributed by atoms with Gasteiger partial charge in [0.05, 0.1) is 29.6 Å². The van der Waals surface area contributed by atoms with Crippen LogP contribution >= 0.6 is 0 Å². The van der Waals surface area contributed by atoms with E-state index in [4.69, 9.17) is 4.74 Å². The van der Waals surface area contributed by atoms with E-state index in [2.05, 4.69) is 36.8 Å². The fraction of sp³-hybridized carbons (Fsp3) is 0.542. The maximum Gasteiger partial charge on any atom is 0.338 e. The summed E-state index contributed by atoms with van der Waals surface area (Å²) in [6.45, 7) is 10.4. The zero-order chi connectivity index (χ0) is 21.7. The van der Waals surface area contributed by atoms with Gasteiger partial charge >= 0.3 is 5.97 Å². The molecule has 0 spiro atoms. The molecule has 2 aromatic rings. The number of pyridine rings is 1. The number of esters is 1. The molecule has 0 amide bonds. The highest BCUT2D eigenvalue weighted by Crippen LogP contribution is 2.58. The van der Waals surface area contributed by atoms with Crippen LogP contribution in [0.2, 0.25) is 0 Å². The minimum Gasteiger partial charge on any atom is -0.460 e. The van der Waals surface area contributed by atoms with Gasteiger partial charge in [-0.25, -0.2) is 9.78 Å². The van der Waals surface area contributed by atoms with Gasteiger partial charge in [0, 0.05) is 12.1 Å². The third-order valence-electron chi connectivity index (χ3n) is 7.61. The SMILES string of the molecule is CC[C@@]1(C)[C@H](/C=C/c2ccc(-n3cnc(C)c3)cn2)[C@@H]2[C@@H](C)OC(=O)[C@]2(O)C[C@@H]1C. The number of aryl methyl sites for hydroxylation is 1. The van der Waals surface area contributed by atoms with Crippen molar-refractivity contribution in [3.63, 3.8) is 0 Å². The van der Waals surface area contributed by atoms with Crippen LogP contribution in [0.5, 0.6) is 0 Å². The van der Waals surface area contributed by atoms with Crippen LogP contribution in [0.1, 0.15) is 51.9 Å². The largest absolute Gasteiger partial charge is 0.460 e. The third kappa shape index (κ3) is 3.18. The first kappa shape index (κ1) is 20.8. The Morgan fingerprint density at radius 2 is 2.10 bits per heavy atom. The van der Waals surface area contributed by atoms with Crippen LogP contribution in [0.15, 0.2) is 36.9 Å². The Hall–Kier alpha value is -2.47. The lowest BCUT2D eigenvalue weighted by atomic mass is 9.51. The van der Waals surface area contributed by atoms with Gasteiger partial charge in [-0.15, -0.1) is 0 Å². The summed E-state index contributed by atoms with van der Waals surface area (Å²) in [5.74, 6) is -0.524. The zero-order valence-corrected chi connectivity index (χ0v) is 18.4. The fourth-order valence-corrected chi connectivity index (χ4v) is 5.45. The quantitative estimate of drug-likeness (QED) is 0.774. The average Bonchev–Trinajstić information content (AvgIpc) is 3.24. The summed E-state index contributed by atoms with van der Waals surface area (Å²) in [4.78, 5) is 21.3. The number of carbonyl (C=O) groups excluding carboxylic acids is 1. The number of aromatic nitrogens is 3. The van der Waals surface area contributed by atoms with Crippen LogP contribution in [0.4, 0.5) is 0 Å². The third-order valence-corrected chi connectivity index (χ3v) is 7.61. The van der Waals surface area contributed by atoms with Gasteiger partial charge in [-0.1, -0.05) is 26.8 Å². The number of carbonyl (C=O) groups is 1. The second-order valence-electron chi connectivity index (χ2n) is 9.27. The van der Waals surface area contributed by atoms with Crippen LogP contribution in [0.3, 0.4) is 0 Å². The number of ether oxygens (including phenoxy) is 1. The van der Waals surface area contributed by atoms with E-state index in [-0.39, 0.29) is 29.3 Å². The smallest absolute Gasteiger partial charge is 0.338 e. The Kier molecular flexibility index (Phi) is 5.09. The molecule has 1 N–H and O–H groups in total. The van der Waals surface area contributed by atoms with Gasteiger partial charge in [0.25, 0.3) is 0 Å². The topological polar surface area (TPSA) is 77.2 Å². The number of imidazole rings is 1. The van der Waals surface area contributed by atoms with Crippen molar-refractivity contribution in [2.24, 2.45) is 23.2 Å². The molecule has 0 radical (unpaired) electrons. The molecule has 0 aromatic carbocycles. The molecule has 1 aliphatic heterocycles. The van der Waals surface area contributed by atoms with Gasteiger partial charge in [0.15, 0.2) is 5.60 Å². The molecule has 2 fully saturated rings. The molecule has 4 rings (SSSR count). The highest BCUT2D eigenvalue weighted by atomic mass is 16.6. The monoisotopic (exact) mass is 409 g/mol. The van der Waals surface area contributed by atoms with Gasteiger partial charge in [0.1, 0.15) is 6.10 Å². The molecule has 160 valence electrons. The predicted octanol–water partition coefficient (Wildman–Crippen LogP) is 3.95. The molecule has 1 aliphatic carbocycles. The van der Waals surface area contributed by atoms with Crippen molar-refractivity contribution in [1.29, 1.82) is 0 Å². The molecule has 2 aliphatic rings. The Morgan fingerprint density at radius 1 is 1.33 bits per heavy atom. The van der Waals surface area contributed by atoms with E-state index in [0.29, 0.717) is 6.42 Å². The number of fused-ring (bicyclic) bond motifs is 1. The van der Waals surface area contributed by atoms with Gasteiger partial charge in [-0.05, 0) is 62.1 Å². The molecule has 1 saturated carbocycles. The molecule has 0 unspecified atom stereocenters. The molecule has 3 heterocycles. The van der Waals surface area contributed by atoms with E-state index in [1.807, 2.05) is 49.0 Å². The minimum absolute atomic E-state index is 0.00970. The summed E-state index contributed by atoms with van der Waals surface area (Å²) in [6.07, 6.45) is 10.8. The molecule has 6 atom stereocenters. The number of cyclic esters (lactones) is 1. The molecular formula is C24H31N3O3. The Labute approximate surface area is 178 Å². The zero-order valence-electron chi connectivity index (χ0n) is 18.4. The maximum absolute atomic E-state index is 12.5. The second kappa shape index (κ2) is 7.34. The highest BCUT2D eigenvalue weighted by Gasteiger charge is 2.64.